The van der Waals surface area contributed by atoms with Crippen LogP contribution in [-0.2, 0) is 4.79 Å². The summed E-state index contributed by atoms with van der Waals surface area (Å²) in [5.41, 5.74) is 1.21. The second-order valence-electron chi connectivity index (χ2n) is 4.66. The van der Waals surface area contributed by atoms with Crippen LogP contribution in [0.25, 0.3) is 0 Å². The molecule has 1 heterocycles. The maximum Gasteiger partial charge on any atom is 0.255 e. The Morgan fingerprint density at radius 2 is 1.94 bits per heavy atom. The number of nitrogens with zero attached hydrogens (tertiary/aromatic N) is 1. The Morgan fingerprint density at radius 1 is 1.28 bits per heavy atom. The van der Waals surface area contributed by atoms with Gasteiger partial charge in [-0.1, -0.05) is 37.1 Å². The van der Waals surface area contributed by atoms with Crippen LogP contribution in [0.2, 0.25) is 0 Å². The van der Waals surface area contributed by atoms with Crippen LogP contribution in [0.1, 0.15) is 37.0 Å². The number of rotatable bonds is 3. The molecule has 0 fully saturated rings. The molecule has 1 amide bonds. The SMILES string of the molecule is CCCCN1C(=O)[C@@](C)(Cl)C(=O)c2ccccc21. The van der Waals surface area contributed by atoms with E-state index in [9.17, 15) is 9.59 Å². The minimum absolute atomic E-state index is 0.308. The lowest BCUT2D eigenvalue weighted by atomic mass is 9.90. The Kier molecular flexibility index (Phi) is 3.44. The van der Waals surface area contributed by atoms with Crippen LogP contribution in [-0.4, -0.2) is 23.1 Å². The topological polar surface area (TPSA) is 37.4 Å². The molecule has 0 unspecified atom stereocenters. The average molecular weight is 266 g/mol. The van der Waals surface area contributed by atoms with Crippen LogP contribution in [0.4, 0.5) is 5.69 Å². The van der Waals surface area contributed by atoms with Crippen LogP contribution >= 0.6 is 11.6 Å². The van der Waals surface area contributed by atoms with E-state index in [2.05, 4.69) is 6.92 Å². The predicted molar refractivity (Wildman–Crippen MR) is 72.3 cm³/mol. The lowest BCUT2D eigenvalue weighted by Crippen LogP contribution is -2.53. The molecule has 3 nitrogen and oxygen atoms in total. The Morgan fingerprint density at radius 3 is 2.61 bits per heavy atom. The van der Waals surface area contributed by atoms with Crippen LogP contribution < -0.4 is 4.90 Å². The van der Waals surface area contributed by atoms with E-state index in [-0.39, 0.29) is 11.7 Å². The number of hydrogen-bond donors (Lipinski definition) is 0. The van der Waals surface area contributed by atoms with E-state index in [1.165, 1.54) is 6.92 Å². The number of alkyl halides is 1. The fourth-order valence-corrected chi connectivity index (χ4v) is 2.36. The molecule has 0 spiro atoms. The highest BCUT2D eigenvalue weighted by Crippen LogP contribution is 2.36. The van der Waals surface area contributed by atoms with Gasteiger partial charge in [-0.05, 0) is 25.5 Å². The summed E-state index contributed by atoms with van der Waals surface area (Å²) in [6.45, 7) is 4.14. The van der Waals surface area contributed by atoms with Gasteiger partial charge in [0.2, 0.25) is 0 Å². The van der Waals surface area contributed by atoms with Gasteiger partial charge < -0.3 is 4.90 Å². The third-order valence-corrected chi connectivity index (χ3v) is 3.58. The van der Waals surface area contributed by atoms with Crippen molar-refractivity contribution in [3.63, 3.8) is 0 Å². The van der Waals surface area contributed by atoms with Gasteiger partial charge in [0.25, 0.3) is 5.91 Å². The molecule has 2 rings (SSSR count). The zero-order valence-electron chi connectivity index (χ0n) is 10.6. The third-order valence-electron chi connectivity index (χ3n) is 3.25. The Labute approximate surface area is 112 Å². The molecule has 18 heavy (non-hydrogen) atoms. The first-order chi connectivity index (χ1) is 8.50. The quantitative estimate of drug-likeness (QED) is 0.622. The molecule has 0 bridgehead atoms. The number of hydrogen-bond acceptors (Lipinski definition) is 2. The molecule has 1 aliphatic heterocycles. The van der Waals surface area contributed by atoms with Crippen molar-refractivity contribution in [2.24, 2.45) is 0 Å². The van der Waals surface area contributed by atoms with Crippen LogP contribution in [0.15, 0.2) is 24.3 Å². The van der Waals surface area contributed by atoms with Crippen molar-refractivity contribution in [1.82, 2.24) is 0 Å². The van der Waals surface area contributed by atoms with Gasteiger partial charge in [-0.25, -0.2) is 0 Å². The smallest absolute Gasteiger partial charge is 0.255 e. The largest absolute Gasteiger partial charge is 0.310 e. The summed E-state index contributed by atoms with van der Waals surface area (Å²) in [4.78, 5) is 24.6. The number of para-hydroxylation sites is 1. The number of halogens is 1. The number of anilines is 1. The number of ketones is 1. The molecule has 0 aliphatic carbocycles. The Balaban J connectivity index is 2.50. The van der Waals surface area contributed by atoms with E-state index in [0.717, 1.165) is 12.8 Å². The fraction of sp³-hybridized carbons (Fsp3) is 0.429. The summed E-state index contributed by atoms with van der Waals surface area (Å²) in [6, 6.07) is 7.14. The zero-order valence-corrected chi connectivity index (χ0v) is 11.3. The summed E-state index contributed by atoms with van der Waals surface area (Å²) >= 11 is 6.13. The van der Waals surface area contributed by atoms with Gasteiger partial charge in [0, 0.05) is 12.1 Å². The van der Waals surface area contributed by atoms with E-state index in [1.54, 1.807) is 23.1 Å². The van der Waals surface area contributed by atoms with Crippen molar-refractivity contribution in [2.75, 3.05) is 11.4 Å². The van der Waals surface area contributed by atoms with Gasteiger partial charge in [0.05, 0.1) is 5.69 Å². The molecule has 0 aromatic heterocycles. The molecule has 0 N–H and O–H groups in total. The second kappa shape index (κ2) is 4.73. The minimum atomic E-state index is -1.47. The molecular formula is C14H16ClNO2. The number of Topliss-reactive ketones (excluding diaryl/α,β-unsaturated/α-hetero) is 1. The number of amides is 1. The molecule has 0 radical (unpaired) electrons. The molecular weight excluding hydrogens is 250 g/mol. The number of unbranched alkanes of at least 4 members (excludes halogenated alkanes) is 1. The van der Waals surface area contributed by atoms with Gasteiger partial charge in [-0.2, -0.15) is 0 Å². The van der Waals surface area contributed by atoms with Gasteiger partial charge in [0.1, 0.15) is 0 Å². The highest BCUT2D eigenvalue weighted by molar-refractivity contribution is 6.52. The third kappa shape index (κ3) is 1.93. The summed E-state index contributed by atoms with van der Waals surface area (Å²) in [5.74, 6) is -0.626. The molecule has 1 aromatic carbocycles. The monoisotopic (exact) mass is 265 g/mol. The second-order valence-corrected chi connectivity index (χ2v) is 5.42. The first-order valence-electron chi connectivity index (χ1n) is 6.15. The minimum Gasteiger partial charge on any atom is -0.310 e. The lowest BCUT2D eigenvalue weighted by Gasteiger charge is -2.35. The van der Waals surface area contributed by atoms with Gasteiger partial charge in [0.15, 0.2) is 10.7 Å². The molecule has 96 valence electrons. The number of carbonyl (C=O) groups is 2. The summed E-state index contributed by atoms with van der Waals surface area (Å²) in [6.07, 6.45) is 1.88. The van der Waals surface area contributed by atoms with Crippen molar-refractivity contribution in [3.8, 4) is 0 Å². The zero-order chi connectivity index (χ0) is 13.3. The van der Waals surface area contributed by atoms with Crippen molar-refractivity contribution in [1.29, 1.82) is 0 Å². The average Bonchev–Trinajstić information content (AvgIpc) is 2.37. The van der Waals surface area contributed by atoms with Crippen molar-refractivity contribution in [2.45, 2.75) is 31.6 Å². The Hall–Kier alpha value is -1.35. The number of carbonyl (C=O) groups excluding carboxylic acids is 2. The van der Waals surface area contributed by atoms with Crippen molar-refractivity contribution >= 4 is 29.0 Å². The summed E-state index contributed by atoms with van der Waals surface area (Å²) < 4.78 is 0. The number of benzene rings is 1. The highest BCUT2D eigenvalue weighted by atomic mass is 35.5. The van der Waals surface area contributed by atoms with Crippen molar-refractivity contribution in [3.05, 3.63) is 29.8 Å². The van der Waals surface area contributed by atoms with E-state index in [0.29, 0.717) is 17.8 Å². The molecule has 0 saturated carbocycles. The Bertz CT molecular complexity index is 496. The first kappa shape index (κ1) is 13.1. The van der Waals surface area contributed by atoms with Gasteiger partial charge >= 0.3 is 0 Å². The highest BCUT2D eigenvalue weighted by Gasteiger charge is 2.47. The molecule has 0 saturated heterocycles. The van der Waals surface area contributed by atoms with E-state index in [4.69, 9.17) is 11.6 Å². The molecule has 1 aromatic rings. The van der Waals surface area contributed by atoms with E-state index < -0.39 is 4.87 Å². The van der Waals surface area contributed by atoms with Crippen LogP contribution in [0.3, 0.4) is 0 Å². The fourth-order valence-electron chi connectivity index (χ4n) is 2.15. The standard InChI is InChI=1S/C14H16ClNO2/c1-3-4-9-16-11-8-6-5-7-10(11)12(17)14(2,15)13(16)18/h5-8H,3-4,9H2,1-2H3/t14-/m0/s1. The van der Waals surface area contributed by atoms with Crippen LogP contribution in [0.5, 0.6) is 0 Å². The maximum absolute atomic E-state index is 12.3. The normalized spacial score (nSPS) is 23.2. The lowest BCUT2D eigenvalue weighted by molar-refractivity contribution is -0.119. The summed E-state index contributed by atoms with van der Waals surface area (Å²) in [5, 5.41) is 0. The van der Waals surface area contributed by atoms with E-state index >= 15 is 0 Å². The maximum atomic E-state index is 12.3. The van der Waals surface area contributed by atoms with Crippen molar-refractivity contribution < 1.29 is 9.59 Å². The number of fused-ring (bicyclic) bond motifs is 1. The van der Waals surface area contributed by atoms with Crippen LogP contribution in [0, 0.1) is 0 Å². The molecule has 1 atom stereocenters. The first-order valence-corrected chi connectivity index (χ1v) is 6.52. The predicted octanol–water partition coefficient (Wildman–Crippen LogP) is 3.01. The molecule has 4 heteroatoms. The van der Waals surface area contributed by atoms with Gasteiger partial charge in [-0.15, -0.1) is 0 Å². The molecule has 1 aliphatic rings. The van der Waals surface area contributed by atoms with E-state index in [1.807, 2.05) is 6.07 Å². The summed E-state index contributed by atoms with van der Waals surface area (Å²) in [7, 11) is 0. The van der Waals surface area contributed by atoms with Gasteiger partial charge in [-0.3, -0.25) is 9.59 Å².